The standard InChI is InChI=1S/C9H11ClN2O/c1-6-5-8(10)3-4-9(6)12-11-7(2)13/h3-5,12H,1-2H3,(H,11,13). The molecule has 1 amide bonds. The molecule has 2 N–H and O–H groups in total. The molecule has 0 aliphatic carbocycles. The van der Waals surface area contributed by atoms with E-state index in [-0.39, 0.29) is 5.91 Å². The largest absolute Gasteiger partial charge is 0.298 e. The molecule has 0 fully saturated rings. The van der Waals surface area contributed by atoms with Gasteiger partial charge in [0.05, 0.1) is 5.69 Å². The van der Waals surface area contributed by atoms with Gasteiger partial charge in [-0.15, -0.1) is 0 Å². The molecule has 0 unspecified atom stereocenters. The molecule has 13 heavy (non-hydrogen) atoms. The fraction of sp³-hybridized carbons (Fsp3) is 0.222. The van der Waals surface area contributed by atoms with E-state index in [2.05, 4.69) is 10.9 Å². The summed E-state index contributed by atoms with van der Waals surface area (Å²) in [5.74, 6) is -0.130. The van der Waals surface area contributed by atoms with Crippen molar-refractivity contribution < 1.29 is 4.79 Å². The summed E-state index contributed by atoms with van der Waals surface area (Å²) >= 11 is 5.76. The Balaban J connectivity index is 2.72. The minimum atomic E-state index is -0.130. The molecule has 1 rings (SSSR count). The number of aryl methyl sites for hydroxylation is 1. The van der Waals surface area contributed by atoms with Crippen LogP contribution in [0.15, 0.2) is 18.2 Å². The topological polar surface area (TPSA) is 41.1 Å². The second-order valence-corrected chi connectivity index (χ2v) is 3.20. The molecule has 1 aromatic carbocycles. The Morgan fingerprint density at radius 2 is 2.15 bits per heavy atom. The van der Waals surface area contributed by atoms with Crippen molar-refractivity contribution in [2.75, 3.05) is 5.43 Å². The fourth-order valence-corrected chi connectivity index (χ4v) is 1.15. The smallest absolute Gasteiger partial charge is 0.235 e. The minimum Gasteiger partial charge on any atom is -0.298 e. The lowest BCUT2D eigenvalue weighted by molar-refractivity contribution is -0.118. The van der Waals surface area contributed by atoms with E-state index in [1.54, 1.807) is 6.07 Å². The summed E-state index contributed by atoms with van der Waals surface area (Å²) < 4.78 is 0. The van der Waals surface area contributed by atoms with E-state index in [1.807, 2.05) is 19.1 Å². The summed E-state index contributed by atoms with van der Waals surface area (Å²) in [6.45, 7) is 3.36. The summed E-state index contributed by atoms with van der Waals surface area (Å²) in [4.78, 5) is 10.6. The van der Waals surface area contributed by atoms with Crippen LogP contribution in [-0.2, 0) is 4.79 Å². The van der Waals surface area contributed by atoms with Crippen LogP contribution in [0.2, 0.25) is 5.02 Å². The van der Waals surface area contributed by atoms with E-state index in [1.165, 1.54) is 6.92 Å². The van der Waals surface area contributed by atoms with Gasteiger partial charge in [-0.2, -0.15) is 0 Å². The van der Waals surface area contributed by atoms with Crippen LogP contribution in [0.25, 0.3) is 0 Å². The van der Waals surface area contributed by atoms with Crippen LogP contribution in [-0.4, -0.2) is 5.91 Å². The van der Waals surface area contributed by atoms with Gasteiger partial charge in [0.15, 0.2) is 0 Å². The van der Waals surface area contributed by atoms with Crippen LogP contribution >= 0.6 is 11.6 Å². The molecule has 4 heteroatoms. The number of hydrogen-bond donors (Lipinski definition) is 2. The summed E-state index contributed by atoms with van der Waals surface area (Å²) in [5.41, 5.74) is 7.11. The number of amides is 1. The Morgan fingerprint density at radius 3 is 2.69 bits per heavy atom. The van der Waals surface area contributed by atoms with Crippen LogP contribution in [0.1, 0.15) is 12.5 Å². The molecular formula is C9H11ClN2O. The van der Waals surface area contributed by atoms with Gasteiger partial charge in [-0.05, 0) is 30.7 Å². The zero-order valence-corrected chi connectivity index (χ0v) is 8.27. The van der Waals surface area contributed by atoms with Crippen LogP contribution in [0, 0.1) is 6.92 Å². The van der Waals surface area contributed by atoms with Gasteiger partial charge < -0.3 is 0 Å². The quantitative estimate of drug-likeness (QED) is 0.715. The zero-order valence-electron chi connectivity index (χ0n) is 7.52. The molecule has 0 aliphatic heterocycles. The molecule has 0 heterocycles. The lowest BCUT2D eigenvalue weighted by Crippen LogP contribution is -2.26. The van der Waals surface area contributed by atoms with Gasteiger partial charge in [-0.25, -0.2) is 0 Å². The van der Waals surface area contributed by atoms with Crippen molar-refractivity contribution in [3.8, 4) is 0 Å². The molecule has 0 saturated carbocycles. The third-order valence-electron chi connectivity index (χ3n) is 1.56. The van der Waals surface area contributed by atoms with Crippen LogP contribution in [0.3, 0.4) is 0 Å². The van der Waals surface area contributed by atoms with E-state index in [9.17, 15) is 4.79 Å². The fourth-order valence-electron chi connectivity index (χ4n) is 0.923. The number of carbonyl (C=O) groups excluding carboxylic acids is 1. The molecule has 0 radical (unpaired) electrons. The van der Waals surface area contributed by atoms with Gasteiger partial charge in [0.25, 0.3) is 0 Å². The van der Waals surface area contributed by atoms with Crippen LogP contribution < -0.4 is 10.9 Å². The van der Waals surface area contributed by atoms with Crippen molar-refractivity contribution in [1.82, 2.24) is 5.43 Å². The first-order valence-electron chi connectivity index (χ1n) is 3.88. The molecule has 0 aliphatic rings. The highest BCUT2D eigenvalue weighted by Crippen LogP contribution is 2.18. The Hall–Kier alpha value is -1.22. The number of hydrazine groups is 1. The van der Waals surface area contributed by atoms with Gasteiger partial charge in [-0.3, -0.25) is 15.6 Å². The Kier molecular flexibility index (Phi) is 3.14. The van der Waals surface area contributed by atoms with Gasteiger partial charge in [-0.1, -0.05) is 11.6 Å². The maximum absolute atomic E-state index is 10.6. The average molecular weight is 199 g/mol. The summed E-state index contributed by atoms with van der Waals surface area (Å²) in [5, 5.41) is 0.686. The Bertz CT molecular complexity index is 325. The third kappa shape index (κ3) is 2.95. The Morgan fingerprint density at radius 1 is 1.46 bits per heavy atom. The predicted octanol–water partition coefficient (Wildman–Crippen LogP) is 2.11. The maximum Gasteiger partial charge on any atom is 0.235 e. The number of halogens is 1. The normalized spacial score (nSPS) is 9.46. The molecular weight excluding hydrogens is 188 g/mol. The summed E-state index contributed by atoms with van der Waals surface area (Å²) in [6, 6.07) is 5.40. The van der Waals surface area contributed by atoms with Gasteiger partial charge in [0, 0.05) is 11.9 Å². The van der Waals surface area contributed by atoms with Gasteiger partial charge >= 0.3 is 0 Å². The second-order valence-electron chi connectivity index (χ2n) is 2.77. The first-order chi connectivity index (χ1) is 6.09. The van der Waals surface area contributed by atoms with Crippen molar-refractivity contribution >= 4 is 23.2 Å². The van der Waals surface area contributed by atoms with E-state index >= 15 is 0 Å². The first kappa shape index (κ1) is 9.86. The highest BCUT2D eigenvalue weighted by molar-refractivity contribution is 6.30. The molecule has 0 spiro atoms. The minimum absolute atomic E-state index is 0.130. The third-order valence-corrected chi connectivity index (χ3v) is 1.80. The molecule has 0 saturated heterocycles. The molecule has 70 valence electrons. The summed E-state index contributed by atoms with van der Waals surface area (Å²) in [6.07, 6.45) is 0. The Labute approximate surface area is 82.1 Å². The van der Waals surface area contributed by atoms with Crippen molar-refractivity contribution in [2.24, 2.45) is 0 Å². The highest BCUT2D eigenvalue weighted by atomic mass is 35.5. The SMILES string of the molecule is CC(=O)NNc1ccc(Cl)cc1C. The number of benzene rings is 1. The number of hydrogen-bond acceptors (Lipinski definition) is 2. The molecule has 0 aromatic heterocycles. The van der Waals surface area contributed by atoms with Crippen molar-refractivity contribution in [3.63, 3.8) is 0 Å². The highest BCUT2D eigenvalue weighted by Gasteiger charge is 1.98. The first-order valence-corrected chi connectivity index (χ1v) is 4.26. The van der Waals surface area contributed by atoms with Crippen molar-refractivity contribution in [1.29, 1.82) is 0 Å². The number of nitrogens with one attached hydrogen (secondary N) is 2. The average Bonchev–Trinajstić information content (AvgIpc) is 2.02. The van der Waals surface area contributed by atoms with Crippen LogP contribution in [0.4, 0.5) is 5.69 Å². The van der Waals surface area contributed by atoms with Crippen molar-refractivity contribution in [2.45, 2.75) is 13.8 Å². The number of rotatable bonds is 2. The second kappa shape index (κ2) is 4.14. The number of carbonyl (C=O) groups is 1. The lowest BCUT2D eigenvalue weighted by Gasteiger charge is -2.09. The van der Waals surface area contributed by atoms with Crippen LogP contribution in [0.5, 0.6) is 0 Å². The van der Waals surface area contributed by atoms with E-state index < -0.39 is 0 Å². The van der Waals surface area contributed by atoms with Gasteiger partial charge in [0.2, 0.25) is 5.91 Å². The molecule has 3 nitrogen and oxygen atoms in total. The van der Waals surface area contributed by atoms with E-state index in [0.717, 1.165) is 11.3 Å². The number of anilines is 1. The summed E-state index contributed by atoms with van der Waals surface area (Å²) in [7, 11) is 0. The molecule has 0 bridgehead atoms. The molecule has 1 aromatic rings. The lowest BCUT2D eigenvalue weighted by atomic mass is 10.2. The van der Waals surface area contributed by atoms with Gasteiger partial charge in [0.1, 0.15) is 0 Å². The van der Waals surface area contributed by atoms with E-state index in [4.69, 9.17) is 11.6 Å². The van der Waals surface area contributed by atoms with E-state index in [0.29, 0.717) is 5.02 Å². The molecule has 0 atom stereocenters. The van der Waals surface area contributed by atoms with Crippen molar-refractivity contribution in [3.05, 3.63) is 28.8 Å². The maximum atomic E-state index is 10.6. The zero-order chi connectivity index (χ0) is 9.84. The monoisotopic (exact) mass is 198 g/mol. The predicted molar refractivity (Wildman–Crippen MR) is 53.6 cm³/mol.